The van der Waals surface area contributed by atoms with Crippen LogP contribution in [-0.2, 0) is 16.6 Å². The summed E-state index contributed by atoms with van der Waals surface area (Å²) in [4.78, 5) is 6.49. The Hall–Kier alpha value is -2.19. The molecule has 8 heteroatoms. The van der Waals surface area contributed by atoms with Crippen LogP contribution in [0.2, 0.25) is 5.02 Å². The minimum atomic E-state index is -3.69. The molecule has 0 aliphatic rings. The SMILES string of the molecule is CC(c1ccc(S(N)(=O)=O)cc1)N(C)Cc1ncc(-c2cccc(Cl)c2)o1. The molecule has 142 valence electrons. The summed E-state index contributed by atoms with van der Waals surface area (Å²) in [5.41, 5.74) is 1.84. The largest absolute Gasteiger partial charge is 0.439 e. The maximum atomic E-state index is 11.4. The highest BCUT2D eigenvalue weighted by molar-refractivity contribution is 7.89. The summed E-state index contributed by atoms with van der Waals surface area (Å²) >= 11 is 6.02. The van der Waals surface area contributed by atoms with E-state index in [9.17, 15) is 8.42 Å². The van der Waals surface area contributed by atoms with Gasteiger partial charge in [-0.2, -0.15) is 0 Å². The van der Waals surface area contributed by atoms with Crippen LogP contribution in [0, 0.1) is 0 Å². The van der Waals surface area contributed by atoms with Crippen molar-refractivity contribution >= 4 is 21.6 Å². The average molecular weight is 406 g/mol. The first-order valence-corrected chi connectivity index (χ1v) is 10.2. The Balaban J connectivity index is 1.71. The van der Waals surface area contributed by atoms with Crippen LogP contribution in [0.15, 0.2) is 64.0 Å². The average Bonchev–Trinajstić information content (AvgIpc) is 3.09. The first-order chi connectivity index (χ1) is 12.7. The van der Waals surface area contributed by atoms with Crippen molar-refractivity contribution in [3.63, 3.8) is 0 Å². The van der Waals surface area contributed by atoms with Crippen LogP contribution in [0.1, 0.15) is 24.4 Å². The molecule has 6 nitrogen and oxygen atoms in total. The number of halogens is 1. The van der Waals surface area contributed by atoms with Gasteiger partial charge in [-0.3, -0.25) is 4.90 Å². The molecule has 27 heavy (non-hydrogen) atoms. The van der Waals surface area contributed by atoms with E-state index in [1.807, 2.05) is 32.2 Å². The number of benzene rings is 2. The van der Waals surface area contributed by atoms with E-state index in [1.54, 1.807) is 24.4 Å². The summed E-state index contributed by atoms with van der Waals surface area (Å²) in [7, 11) is -1.74. The second kappa shape index (κ2) is 7.82. The van der Waals surface area contributed by atoms with E-state index < -0.39 is 10.0 Å². The molecule has 1 atom stereocenters. The van der Waals surface area contributed by atoms with Crippen molar-refractivity contribution < 1.29 is 12.8 Å². The number of oxazole rings is 1. The van der Waals surface area contributed by atoms with E-state index >= 15 is 0 Å². The topological polar surface area (TPSA) is 89.4 Å². The van der Waals surface area contributed by atoms with E-state index in [2.05, 4.69) is 9.88 Å². The van der Waals surface area contributed by atoms with Gasteiger partial charge in [-0.1, -0.05) is 35.9 Å². The minimum Gasteiger partial charge on any atom is -0.439 e. The normalized spacial score (nSPS) is 13.1. The maximum absolute atomic E-state index is 11.4. The lowest BCUT2D eigenvalue weighted by atomic mass is 10.1. The van der Waals surface area contributed by atoms with E-state index in [0.29, 0.717) is 23.2 Å². The van der Waals surface area contributed by atoms with Crippen LogP contribution in [0.4, 0.5) is 0 Å². The second-order valence-electron chi connectivity index (χ2n) is 6.33. The zero-order valence-corrected chi connectivity index (χ0v) is 16.5. The van der Waals surface area contributed by atoms with Gasteiger partial charge >= 0.3 is 0 Å². The molecule has 0 aliphatic carbocycles. The van der Waals surface area contributed by atoms with Gasteiger partial charge in [-0.05, 0) is 43.8 Å². The number of nitrogens with two attached hydrogens (primary N) is 1. The predicted octanol–water partition coefficient (Wildman–Crippen LogP) is 3.84. The number of sulfonamides is 1. The molecule has 0 aliphatic heterocycles. The second-order valence-corrected chi connectivity index (χ2v) is 8.33. The number of rotatable bonds is 6. The fraction of sp³-hybridized carbons (Fsp3) is 0.211. The Kier molecular flexibility index (Phi) is 5.67. The summed E-state index contributed by atoms with van der Waals surface area (Å²) < 4.78 is 28.6. The Morgan fingerprint density at radius 3 is 2.56 bits per heavy atom. The molecular formula is C19H20ClN3O3S. The monoisotopic (exact) mass is 405 g/mol. The minimum absolute atomic E-state index is 0.0287. The van der Waals surface area contributed by atoms with Crippen LogP contribution < -0.4 is 5.14 Å². The van der Waals surface area contributed by atoms with Crippen molar-refractivity contribution in [1.82, 2.24) is 9.88 Å². The standard InChI is InChI=1S/C19H20ClN3O3S/c1-13(14-6-8-17(9-7-14)27(21,24)25)23(2)12-19-22-11-18(26-19)15-4-3-5-16(20)10-15/h3-11,13H,12H2,1-2H3,(H2,21,24,25). The lowest BCUT2D eigenvalue weighted by Gasteiger charge is -2.23. The van der Waals surface area contributed by atoms with Crippen LogP contribution in [0.3, 0.4) is 0 Å². The summed E-state index contributed by atoms with van der Waals surface area (Å²) in [5.74, 6) is 1.24. The highest BCUT2D eigenvalue weighted by atomic mass is 35.5. The molecule has 2 aromatic carbocycles. The van der Waals surface area contributed by atoms with Gasteiger partial charge in [0.05, 0.1) is 17.6 Å². The van der Waals surface area contributed by atoms with Crippen LogP contribution >= 0.6 is 11.6 Å². The van der Waals surface area contributed by atoms with Gasteiger partial charge in [-0.15, -0.1) is 0 Å². The number of hydrogen-bond donors (Lipinski definition) is 1. The molecule has 1 aromatic heterocycles. The third kappa shape index (κ3) is 4.75. The highest BCUT2D eigenvalue weighted by Crippen LogP contribution is 2.26. The van der Waals surface area contributed by atoms with Crippen molar-refractivity contribution in [2.75, 3.05) is 7.05 Å². The molecule has 3 aromatic rings. The molecule has 2 N–H and O–H groups in total. The quantitative estimate of drug-likeness (QED) is 0.673. The van der Waals surface area contributed by atoms with E-state index in [-0.39, 0.29) is 10.9 Å². The fourth-order valence-electron chi connectivity index (χ4n) is 2.70. The lowest BCUT2D eigenvalue weighted by molar-refractivity contribution is 0.228. The Morgan fingerprint density at radius 2 is 1.93 bits per heavy atom. The fourth-order valence-corrected chi connectivity index (χ4v) is 3.41. The maximum Gasteiger partial charge on any atom is 0.238 e. The third-order valence-electron chi connectivity index (χ3n) is 4.40. The molecule has 3 rings (SSSR count). The summed E-state index contributed by atoms with van der Waals surface area (Å²) in [5, 5.41) is 5.78. The molecule has 0 radical (unpaired) electrons. The Bertz CT molecular complexity index is 1030. The molecular weight excluding hydrogens is 386 g/mol. The zero-order chi connectivity index (χ0) is 19.6. The van der Waals surface area contributed by atoms with Crippen molar-refractivity contribution in [1.29, 1.82) is 0 Å². The molecule has 0 fully saturated rings. The van der Waals surface area contributed by atoms with Crippen molar-refractivity contribution in [2.45, 2.75) is 24.4 Å². The van der Waals surface area contributed by atoms with Gasteiger partial charge in [-0.25, -0.2) is 18.5 Å². The van der Waals surface area contributed by atoms with Crippen LogP contribution in [0.25, 0.3) is 11.3 Å². The third-order valence-corrected chi connectivity index (χ3v) is 5.56. The van der Waals surface area contributed by atoms with Gasteiger partial charge < -0.3 is 4.42 Å². The molecule has 0 bridgehead atoms. The Morgan fingerprint density at radius 1 is 1.22 bits per heavy atom. The van der Waals surface area contributed by atoms with Crippen molar-refractivity contribution in [3.05, 3.63) is 71.2 Å². The van der Waals surface area contributed by atoms with Gasteiger partial charge in [0.15, 0.2) is 5.76 Å². The van der Waals surface area contributed by atoms with Crippen molar-refractivity contribution in [2.24, 2.45) is 5.14 Å². The summed E-state index contributed by atoms with van der Waals surface area (Å²) in [6.07, 6.45) is 1.68. The number of aromatic nitrogens is 1. The first-order valence-electron chi connectivity index (χ1n) is 8.27. The van der Waals surface area contributed by atoms with E-state index in [4.69, 9.17) is 21.2 Å². The van der Waals surface area contributed by atoms with E-state index in [1.165, 1.54) is 12.1 Å². The number of primary sulfonamides is 1. The zero-order valence-electron chi connectivity index (χ0n) is 15.0. The van der Waals surface area contributed by atoms with Crippen LogP contribution in [-0.4, -0.2) is 25.3 Å². The van der Waals surface area contributed by atoms with Gasteiger partial charge in [0.1, 0.15) is 0 Å². The van der Waals surface area contributed by atoms with Gasteiger partial charge in [0.25, 0.3) is 0 Å². The predicted molar refractivity (Wildman–Crippen MR) is 105 cm³/mol. The molecule has 0 spiro atoms. The van der Waals surface area contributed by atoms with Crippen molar-refractivity contribution in [3.8, 4) is 11.3 Å². The lowest BCUT2D eigenvalue weighted by Crippen LogP contribution is -2.22. The Labute approximate surface area is 163 Å². The van der Waals surface area contributed by atoms with Gasteiger partial charge in [0.2, 0.25) is 15.9 Å². The number of nitrogens with zero attached hydrogens (tertiary/aromatic N) is 2. The highest BCUT2D eigenvalue weighted by Gasteiger charge is 2.16. The summed E-state index contributed by atoms with van der Waals surface area (Å²) in [6.45, 7) is 2.52. The van der Waals surface area contributed by atoms with E-state index in [0.717, 1.165) is 11.1 Å². The van der Waals surface area contributed by atoms with Gasteiger partial charge in [0, 0.05) is 16.6 Å². The molecule has 0 amide bonds. The number of hydrogen-bond acceptors (Lipinski definition) is 5. The first kappa shape index (κ1) is 19.6. The molecule has 1 heterocycles. The smallest absolute Gasteiger partial charge is 0.238 e. The molecule has 1 unspecified atom stereocenters. The summed E-state index contributed by atoms with van der Waals surface area (Å²) in [6, 6.07) is 14.0. The molecule has 0 saturated carbocycles. The van der Waals surface area contributed by atoms with Crippen LogP contribution in [0.5, 0.6) is 0 Å². The molecule has 0 saturated heterocycles.